The number of fused-ring (bicyclic) bond motifs is 3. The van der Waals surface area contributed by atoms with Crippen molar-refractivity contribution in [2.45, 2.75) is 84.0 Å². The minimum Gasteiger partial charge on any atom is -0.453 e. The van der Waals surface area contributed by atoms with Gasteiger partial charge in [0.15, 0.2) is 0 Å². The molecule has 54 heavy (non-hydrogen) atoms. The number of nitrogens with one attached hydrogen (secondary N) is 3. The van der Waals surface area contributed by atoms with E-state index in [2.05, 4.69) is 56.4 Å². The van der Waals surface area contributed by atoms with Gasteiger partial charge in [0.25, 0.3) is 0 Å². The van der Waals surface area contributed by atoms with Crippen LogP contribution in [-0.4, -0.2) is 79.7 Å². The zero-order valence-corrected chi connectivity index (χ0v) is 33.0. The molecule has 4 aromatic heterocycles. The lowest BCUT2D eigenvalue weighted by Gasteiger charge is -2.29. The zero-order chi connectivity index (χ0) is 37.9. The first kappa shape index (κ1) is 36.0. The fraction of sp³-hybridized carbons (Fsp3) is 0.425. The second-order valence-electron chi connectivity index (χ2n) is 15.5. The molecule has 3 atom stereocenters. The molecule has 3 amide bonds. The van der Waals surface area contributed by atoms with Gasteiger partial charge >= 0.3 is 12.2 Å². The third-order valence-corrected chi connectivity index (χ3v) is 12.5. The zero-order valence-electron chi connectivity index (χ0n) is 31.3. The van der Waals surface area contributed by atoms with Crippen LogP contribution in [0, 0.1) is 5.92 Å². The summed E-state index contributed by atoms with van der Waals surface area (Å²) in [6.07, 6.45) is 2.49. The molecule has 2 saturated heterocycles. The van der Waals surface area contributed by atoms with Crippen LogP contribution < -0.4 is 5.32 Å². The summed E-state index contributed by atoms with van der Waals surface area (Å²) in [5.74, 6) is 1.32. The van der Waals surface area contributed by atoms with E-state index < -0.39 is 17.7 Å². The van der Waals surface area contributed by atoms with Crippen LogP contribution in [0.4, 0.5) is 9.59 Å². The summed E-state index contributed by atoms with van der Waals surface area (Å²) < 4.78 is 12.9. The van der Waals surface area contributed by atoms with Gasteiger partial charge in [0.05, 0.1) is 50.7 Å². The Morgan fingerprint density at radius 1 is 0.833 bits per heavy atom. The molecule has 3 N–H and O–H groups in total. The maximum Gasteiger partial charge on any atom is 0.410 e. The standard InChI is InChI=1S/C40H45N7O5S2/c1-21(2)32(45-38(49)51-6)37(48)46-15-7-9-30(46)35-41-26-13-11-22(17-28(26)43-35)24-19-53-34-25(20-54-33(24)34)23-12-14-27-29(18-23)44-36(42-27)31-10-8-16-47(31)39(50)52-40(3,4)5/h11-14,17-21,30-32H,7-10,15-16H2,1-6H3,(H,41,43)(H,42,44)(H,45,49). The normalized spacial score (nSPS) is 18.4. The molecule has 12 nitrogen and oxygen atoms in total. The molecule has 8 rings (SSSR count). The maximum absolute atomic E-state index is 13.7. The summed E-state index contributed by atoms with van der Waals surface area (Å²) in [7, 11) is 1.30. The number of hydrogen-bond donors (Lipinski definition) is 3. The molecule has 0 saturated carbocycles. The number of amides is 3. The Hall–Kier alpha value is -4.95. The van der Waals surface area contributed by atoms with Crippen molar-refractivity contribution in [1.29, 1.82) is 0 Å². The monoisotopic (exact) mass is 767 g/mol. The van der Waals surface area contributed by atoms with E-state index in [4.69, 9.17) is 19.4 Å². The summed E-state index contributed by atoms with van der Waals surface area (Å²) >= 11 is 3.48. The van der Waals surface area contributed by atoms with Gasteiger partial charge in [-0.05, 0) is 87.8 Å². The van der Waals surface area contributed by atoms with E-state index in [1.54, 1.807) is 27.6 Å². The lowest BCUT2D eigenvalue weighted by molar-refractivity contribution is -0.135. The number of hydrogen-bond acceptors (Lipinski definition) is 9. The van der Waals surface area contributed by atoms with Crippen LogP contribution >= 0.6 is 22.7 Å². The number of imidazole rings is 2. The summed E-state index contributed by atoms with van der Waals surface area (Å²) in [6.45, 7) is 10.7. The number of nitrogens with zero attached hydrogens (tertiary/aromatic N) is 4. The number of methoxy groups -OCH3 is 1. The van der Waals surface area contributed by atoms with Gasteiger partial charge in [0.2, 0.25) is 5.91 Å². The molecule has 0 bridgehead atoms. The highest BCUT2D eigenvalue weighted by Crippen LogP contribution is 2.45. The van der Waals surface area contributed by atoms with Crippen LogP contribution in [0.5, 0.6) is 0 Å². The second-order valence-corrected chi connectivity index (χ2v) is 17.3. The smallest absolute Gasteiger partial charge is 0.410 e. The van der Waals surface area contributed by atoms with Gasteiger partial charge in [-0.2, -0.15) is 0 Å². The number of likely N-dealkylation sites (tertiary alicyclic amines) is 2. The molecule has 14 heteroatoms. The number of ether oxygens (including phenoxy) is 2. The molecule has 2 fully saturated rings. The number of carbonyl (C=O) groups excluding carboxylic acids is 3. The SMILES string of the molecule is COC(=O)NC(C(=O)N1CCCC1c1nc2ccc(-c3csc4c(-c5ccc6nc(C7CCCN7C(=O)OC(C)(C)C)[nH]c6c5)csc34)cc2[nH]1)C(C)C. The first-order chi connectivity index (χ1) is 25.9. The number of aromatic nitrogens is 4. The van der Waals surface area contributed by atoms with Crippen LogP contribution in [0.25, 0.3) is 53.7 Å². The minimum atomic E-state index is -0.682. The Morgan fingerprint density at radius 3 is 1.85 bits per heavy atom. The van der Waals surface area contributed by atoms with Crippen molar-refractivity contribution >= 4 is 72.2 Å². The highest BCUT2D eigenvalue weighted by Gasteiger charge is 2.38. The van der Waals surface area contributed by atoms with E-state index in [1.807, 2.05) is 45.6 Å². The lowest BCUT2D eigenvalue weighted by atomic mass is 10.0. The summed E-state index contributed by atoms with van der Waals surface area (Å²) in [5, 5.41) is 7.17. The van der Waals surface area contributed by atoms with Crippen molar-refractivity contribution in [3.05, 3.63) is 58.8 Å². The number of benzene rings is 2. The quantitative estimate of drug-likeness (QED) is 0.147. The molecule has 3 unspecified atom stereocenters. The van der Waals surface area contributed by atoms with E-state index in [-0.39, 0.29) is 30.0 Å². The van der Waals surface area contributed by atoms with Gasteiger partial charge in [-0.15, -0.1) is 22.7 Å². The Bertz CT molecular complexity index is 2380. The first-order valence-electron chi connectivity index (χ1n) is 18.5. The number of aromatic amines is 2. The fourth-order valence-electron chi connectivity index (χ4n) is 7.71. The van der Waals surface area contributed by atoms with Crippen LogP contribution in [-0.2, 0) is 14.3 Å². The summed E-state index contributed by atoms with van der Waals surface area (Å²) in [6, 6.07) is 11.6. The predicted molar refractivity (Wildman–Crippen MR) is 213 cm³/mol. The largest absolute Gasteiger partial charge is 0.453 e. The Balaban J connectivity index is 1.03. The lowest BCUT2D eigenvalue weighted by Crippen LogP contribution is -2.51. The molecular weight excluding hydrogens is 723 g/mol. The van der Waals surface area contributed by atoms with Crippen molar-refractivity contribution in [1.82, 2.24) is 35.1 Å². The topological polar surface area (TPSA) is 146 Å². The predicted octanol–water partition coefficient (Wildman–Crippen LogP) is 9.17. The van der Waals surface area contributed by atoms with E-state index in [0.717, 1.165) is 70.5 Å². The summed E-state index contributed by atoms with van der Waals surface area (Å²) in [4.78, 5) is 59.1. The van der Waals surface area contributed by atoms with E-state index >= 15 is 0 Å². The molecule has 0 radical (unpaired) electrons. The van der Waals surface area contributed by atoms with Crippen LogP contribution in [0.15, 0.2) is 47.2 Å². The molecule has 0 aliphatic carbocycles. The highest BCUT2D eigenvalue weighted by molar-refractivity contribution is 7.27. The van der Waals surface area contributed by atoms with Crippen molar-refractivity contribution < 1.29 is 23.9 Å². The minimum absolute atomic E-state index is 0.0992. The van der Waals surface area contributed by atoms with Crippen molar-refractivity contribution in [3.8, 4) is 22.3 Å². The number of rotatable bonds is 7. The number of thiophene rings is 2. The molecular formula is C40H45N7O5S2. The first-order valence-corrected chi connectivity index (χ1v) is 20.3. The van der Waals surface area contributed by atoms with Gasteiger partial charge in [0.1, 0.15) is 23.3 Å². The fourth-order valence-corrected chi connectivity index (χ4v) is 10.2. The van der Waals surface area contributed by atoms with Gasteiger partial charge in [-0.25, -0.2) is 19.6 Å². The van der Waals surface area contributed by atoms with Gasteiger partial charge < -0.3 is 29.7 Å². The number of alkyl carbamates (subject to hydrolysis) is 1. The molecule has 2 aromatic carbocycles. The highest BCUT2D eigenvalue weighted by atomic mass is 32.1. The molecule has 6 heterocycles. The Morgan fingerprint density at radius 2 is 1.35 bits per heavy atom. The number of carbonyl (C=O) groups is 3. The van der Waals surface area contributed by atoms with Gasteiger partial charge in [-0.1, -0.05) is 26.0 Å². The second kappa shape index (κ2) is 14.0. The van der Waals surface area contributed by atoms with Crippen LogP contribution in [0.1, 0.15) is 84.0 Å². The summed E-state index contributed by atoms with van der Waals surface area (Å²) in [5.41, 5.74) is 7.58. The Kier molecular flexibility index (Phi) is 9.37. The average molecular weight is 768 g/mol. The molecule has 6 aromatic rings. The molecule has 2 aliphatic rings. The average Bonchev–Trinajstić information content (AvgIpc) is 3.98. The van der Waals surface area contributed by atoms with Crippen LogP contribution in [0.3, 0.4) is 0 Å². The number of H-pyrrole nitrogens is 2. The van der Waals surface area contributed by atoms with E-state index in [9.17, 15) is 14.4 Å². The van der Waals surface area contributed by atoms with Gasteiger partial charge in [-0.3, -0.25) is 9.69 Å². The molecule has 0 spiro atoms. The van der Waals surface area contributed by atoms with Crippen molar-refractivity contribution in [3.63, 3.8) is 0 Å². The molecule has 282 valence electrons. The third kappa shape index (κ3) is 6.70. The van der Waals surface area contributed by atoms with E-state index in [1.165, 1.54) is 27.6 Å². The van der Waals surface area contributed by atoms with Crippen molar-refractivity contribution in [2.75, 3.05) is 20.2 Å². The molecule has 2 aliphatic heterocycles. The van der Waals surface area contributed by atoms with Gasteiger partial charge in [0, 0.05) is 35.0 Å². The van der Waals surface area contributed by atoms with Crippen LogP contribution in [0.2, 0.25) is 0 Å². The third-order valence-electron chi connectivity index (χ3n) is 10.3. The van der Waals surface area contributed by atoms with Crippen molar-refractivity contribution in [2.24, 2.45) is 5.92 Å². The van der Waals surface area contributed by atoms with E-state index in [0.29, 0.717) is 13.1 Å². The maximum atomic E-state index is 13.7. The Labute approximate surface area is 321 Å².